The van der Waals surface area contributed by atoms with E-state index < -0.39 is 18.5 Å². The number of nitrogens with zero attached hydrogens (tertiary/aromatic N) is 1. The molecule has 1 aliphatic heterocycles. The number of imide groups is 1. The molecule has 8 heteroatoms. The molecule has 2 aliphatic rings. The minimum atomic E-state index is -0.691. The van der Waals surface area contributed by atoms with Crippen molar-refractivity contribution >= 4 is 35.1 Å². The van der Waals surface area contributed by atoms with Crippen LogP contribution in [0.2, 0.25) is 0 Å². The lowest BCUT2D eigenvalue weighted by molar-refractivity contribution is -0.123. The number of carbonyl (C=O) groups excluding carboxylic acids is 4. The molecule has 1 heterocycles. The second-order valence-electron chi connectivity index (χ2n) is 9.28. The Morgan fingerprint density at radius 3 is 2.26 bits per heavy atom. The van der Waals surface area contributed by atoms with Crippen molar-refractivity contribution in [1.82, 2.24) is 0 Å². The average Bonchev–Trinajstić information content (AvgIpc) is 3.19. The largest absolute Gasteiger partial charge is 0.457 e. The van der Waals surface area contributed by atoms with E-state index in [9.17, 15) is 19.2 Å². The van der Waals surface area contributed by atoms with E-state index in [2.05, 4.69) is 5.32 Å². The van der Waals surface area contributed by atoms with E-state index >= 15 is 0 Å². The van der Waals surface area contributed by atoms with Crippen LogP contribution in [0.3, 0.4) is 0 Å². The Labute approximate surface area is 219 Å². The summed E-state index contributed by atoms with van der Waals surface area (Å²) < 4.78 is 10.9. The second kappa shape index (κ2) is 10.7. The van der Waals surface area contributed by atoms with E-state index in [4.69, 9.17) is 9.47 Å². The zero-order valence-corrected chi connectivity index (χ0v) is 20.7. The summed E-state index contributed by atoms with van der Waals surface area (Å²) in [5.41, 5.74) is 1.15. The van der Waals surface area contributed by atoms with Gasteiger partial charge in [-0.05, 0) is 73.0 Å². The number of rotatable bonds is 7. The zero-order valence-electron chi connectivity index (χ0n) is 20.7. The van der Waals surface area contributed by atoms with Crippen molar-refractivity contribution in [2.75, 3.05) is 16.8 Å². The predicted octanol–water partition coefficient (Wildman–Crippen LogP) is 4.98. The van der Waals surface area contributed by atoms with Gasteiger partial charge in [0.25, 0.3) is 5.91 Å². The Morgan fingerprint density at radius 1 is 0.895 bits per heavy atom. The number of nitrogens with one attached hydrogen (secondary N) is 1. The van der Waals surface area contributed by atoms with Crippen molar-refractivity contribution in [2.24, 2.45) is 17.8 Å². The molecule has 38 heavy (non-hydrogen) atoms. The second-order valence-corrected chi connectivity index (χ2v) is 9.28. The topological polar surface area (TPSA) is 102 Å². The van der Waals surface area contributed by atoms with E-state index in [1.165, 1.54) is 17.0 Å². The Kier molecular flexibility index (Phi) is 7.04. The smallest absolute Gasteiger partial charge is 0.338 e. The van der Waals surface area contributed by atoms with Gasteiger partial charge in [-0.2, -0.15) is 0 Å². The first-order valence-electron chi connectivity index (χ1n) is 12.3. The van der Waals surface area contributed by atoms with Crippen LogP contribution >= 0.6 is 0 Å². The van der Waals surface area contributed by atoms with Gasteiger partial charge in [0.15, 0.2) is 6.61 Å². The molecule has 1 saturated heterocycles. The molecule has 5 rings (SSSR count). The minimum absolute atomic E-state index is 0.00356. The predicted molar refractivity (Wildman–Crippen MR) is 141 cm³/mol. The van der Waals surface area contributed by atoms with Gasteiger partial charge >= 0.3 is 5.97 Å². The first-order valence-corrected chi connectivity index (χ1v) is 12.3. The third-order valence-electron chi connectivity index (χ3n) is 6.69. The molecule has 1 aliphatic carbocycles. The average molecular weight is 511 g/mol. The molecule has 0 spiro atoms. The molecule has 1 N–H and O–H groups in total. The van der Waals surface area contributed by atoms with Crippen LogP contribution in [0.15, 0.2) is 91.0 Å². The number of fused-ring (bicyclic) bond motifs is 1. The summed E-state index contributed by atoms with van der Waals surface area (Å²) in [5, 5.41) is 2.67. The van der Waals surface area contributed by atoms with Crippen molar-refractivity contribution < 1.29 is 28.7 Å². The Morgan fingerprint density at radius 2 is 1.58 bits per heavy atom. The van der Waals surface area contributed by atoms with E-state index in [1.54, 1.807) is 36.4 Å². The Bertz CT molecular complexity index is 1380. The molecule has 3 aromatic carbocycles. The number of hydrogen-bond acceptors (Lipinski definition) is 6. The number of amides is 3. The number of hydrogen-bond donors (Lipinski definition) is 1. The fourth-order valence-corrected chi connectivity index (χ4v) is 4.79. The molecule has 0 bridgehead atoms. The lowest BCUT2D eigenvalue weighted by Crippen LogP contribution is -2.31. The van der Waals surface area contributed by atoms with Gasteiger partial charge in [-0.15, -0.1) is 0 Å². The summed E-state index contributed by atoms with van der Waals surface area (Å²) >= 11 is 0. The van der Waals surface area contributed by atoms with Gasteiger partial charge in [0.05, 0.1) is 23.1 Å². The van der Waals surface area contributed by atoms with Gasteiger partial charge in [-0.3, -0.25) is 19.3 Å². The van der Waals surface area contributed by atoms with Gasteiger partial charge in [0.2, 0.25) is 11.8 Å². The SMILES string of the molecule is C[C@@H]1C=CC[C@H]2C(=O)N(c3ccc(C(=O)OCC(=O)Nc4ccc(Oc5ccccc5)cc4)cc3)C(=O)[C@H]12. The first-order chi connectivity index (χ1) is 18.4. The summed E-state index contributed by atoms with van der Waals surface area (Å²) in [6.45, 7) is 1.47. The van der Waals surface area contributed by atoms with Gasteiger partial charge < -0.3 is 14.8 Å². The highest BCUT2D eigenvalue weighted by Gasteiger charge is 2.50. The van der Waals surface area contributed by atoms with Crippen LogP contribution in [0.25, 0.3) is 0 Å². The highest BCUT2D eigenvalue weighted by molar-refractivity contribution is 6.22. The number of ether oxygens (including phenoxy) is 2. The zero-order chi connectivity index (χ0) is 26.6. The van der Waals surface area contributed by atoms with Crippen molar-refractivity contribution in [2.45, 2.75) is 13.3 Å². The molecule has 3 atom stereocenters. The van der Waals surface area contributed by atoms with Crippen molar-refractivity contribution in [3.05, 3.63) is 96.6 Å². The molecule has 0 unspecified atom stereocenters. The molecule has 0 aromatic heterocycles. The Balaban J connectivity index is 1.13. The highest BCUT2D eigenvalue weighted by atomic mass is 16.5. The molecule has 8 nitrogen and oxygen atoms in total. The molecule has 192 valence electrons. The fourth-order valence-electron chi connectivity index (χ4n) is 4.79. The van der Waals surface area contributed by atoms with Crippen molar-refractivity contribution in [3.8, 4) is 11.5 Å². The number of para-hydroxylation sites is 1. The third kappa shape index (κ3) is 5.20. The van der Waals surface area contributed by atoms with Crippen molar-refractivity contribution in [1.29, 1.82) is 0 Å². The van der Waals surface area contributed by atoms with Crippen LogP contribution in [0.1, 0.15) is 23.7 Å². The standard InChI is InChI=1S/C30H26N2O6/c1-19-6-5-9-25-27(19)29(35)32(28(25)34)22-14-10-20(11-15-22)30(36)37-18-26(33)31-21-12-16-24(17-13-21)38-23-7-3-2-4-8-23/h2-8,10-17,19,25,27H,9,18H2,1H3,(H,31,33)/t19-,25-,27-/m1/s1. The third-order valence-corrected chi connectivity index (χ3v) is 6.69. The quantitative estimate of drug-likeness (QED) is 0.273. The summed E-state index contributed by atoms with van der Waals surface area (Å²) in [4.78, 5) is 51.7. The number of carbonyl (C=O) groups is 4. The summed E-state index contributed by atoms with van der Waals surface area (Å²) in [7, 11) is 0. The lowest BCUT2D eigenvalue weighted by atomic mass is 9.78. The summed E-state index contributed by atoms with van der Waals surface area (Å²) in [5.74, 6) is -1.02. The number of benzene rings is 3. The maximum atomic E-state index is 12.9. The molecular weight excluding hydrogens is 484 g/mol. The van der Waals surface area contributed by atoms with E-state index in [0.29, 0.717) is 29.3 Å². The monoisotopic (exact) mass is 510 g/mol. The Hall–Kier alpha value is -4.72. The first kappa shape index (κ1) is 25.0. The van der Waals surface area contributed by atoms with Gasteiger partial charge in [-0.1, -0.05) is 37.3 Å². The van der Waals surface area contributed by atoms with E-state index in [1.807, 2.05) is 49.4 Å². The number of allylic oxidation sites excluding steroid dienone is 2. The molecule has 3 amide bonds. The number of anilines is 2. The molecule has 3 aromatic rings. The highest BCUT2D eigenvalue weighted by Crippen LogP contribution is 2.40. The molecule has 0 saturated carbocycles. The van der Waals surface area contributed by atoms with Crippen LogP contribution in [-0.2, 0) is 19.1 Å². The normalized spacial score (nSPS) is 20.1. The molecule has 0 radical (unpaired) electrons. The number of esters is 1. The van der Waals surface area contributed by atoms with Crippen molar-refractivity contribution in [3.63, 3.8) is 0 Å². The molecule has 1 fully saturated rings. The van der Waals surface area contributed by atoms with E-state index in [0.717, 1.165) is 0 Å². The minimum Gasteiger partial charge on any atom is -0.457 e. The summed E-state index contributed by atoms with van der Waals surface area (Å²) in [6.07, 6.45) is 4.47. The van der Waals surface area contributed by atoms with E-state index in [-0.39, 0.29) is 35.1 Å². The van der Waals surface area contributed by atoms with Crippen LogP contribution in [0.5, 0.6) is 11.5 Å². The van der Waals surface area contributed by atoms with Gasteiger partial charge in [-0.25, -0.2) is 4.79 Å². The van der Waals surface area contributed by atoms with Crippen LogP contribution in [0.4, 0.5) is 11.4 Å². The van der Waals surface area contributed by atoms with Crippen LogP contribution in [-0.4, -0.2) is 30.3 Å². The fraction of sp³-hybridized carbons (Fsp3) is 0.200. The maximum Gasteiger partial charge on any atom is 0.338 e. The van der Waals surface area contributed by atoms with Gasteiger partial charge in [0.1, 0.15) is 11.5 Å². The lowest BCUT2D eigenvalue weighted by Gasteiger charge is -2.22. The summed E-state index contributed by atoms with van der Waals surface area (Å²) in [6, 6.07) is 22.2. The van der Waals surface area contributed by atoms with Gasteiger partial charge in [0, 0.05) is 5.69 Å². The maximum absolute atomic E-state index is 12.9. The van der Waals surface area contributed by atoms with Crippen LogP contribution < -0.4 is 15.0 Å². The molecular formula is C30H26N2O6. The van der Waals surface area contributed by atoms with Crippen LogP contribution in [0, 0.1) is 17.8 Å².